The molecule has 1 atom stereocenters. The molecule has 0 spiro atoms. The van der Waals surface area contributed by atoms with Crippen LogP contribution in [0.3, 0.4) is 0 Å². The van der Waals surface area contributed by atoms with Crippen molar-refractivity contribution in [2.75, 3.05) is 16.8 Å². The molecule has 0 aliphatic rings. The number of nitriles is 1. The number of rotatable bonds is 6. The van der Waals surface area contributed by atoms with E-state index in [0.717, 1.165) is 17.9 Å². The highest BCUT2D eigenvalue weighted by molar-refractivity contribution is 7.99. The summed E-state index contributed by atoms with van der Waals surface area (Å²) < 4.78 is 13.2. The molecule has 0 fully saturated rings. The molecule has 0 saturated heterocycles. The second-order valence-electron chi connectivity index (χ2n) is 3.87. The van der Waals surface area contributed by atoms with Gasteiger partial charge in [0.25, 0.3) is 0 Å². The van der Waals surface area contributed by atoms with Crippen LogP contribution in [0.2, 0.25) is 0 Å². The van der Waals surface area contributed by atoms with Crippen molar-refractivity contribution in [2.24, 2.45) is 0 Å². The summed E-state index contributed by atoms with van der Waals surface area (Å²) >= 11 is 1.89. The number of hydrogen-bond donors (Lipinski definition) is 1. The minimum Gasteiger partial charge on any atom is -0.382 e. The van der Waals surface area contributed by atoms with Crippen molar-refractivity contribution in [1.82, 2.24) is 0 Å². The monoisotopic (exact) mass is 252 g/mol. The van der Waals surface area contributed by atoms with Crippen LogP contribution in [-0.2, 0) is 0 Å². The van der Waals surface area contributed by atoms with Crippen LogP contribution in [0, 0.1) is 17.1 Å². The standard InChI is InChI=1S/C13H17FN2S/c1-3-17-5-4-10(2)16-13-7-11(9-15)6-12(14)8-13/h6-8,10,16H,3-5H2,1-2H3. The summed E-state index contributed by atoms with van der Waals surface area (Å²) in [5, 5.41) is 12.0. The number of anilines is 1. The van der Waals surface area contributed by atoms with Crippen LogP contribution in [-0.4, -0.2) is 17.5 Å². The Kier molecular flexibility index (Phi) is 5.85. The second kappa shape index (κ2) is 7.18. The molecular weight excluding hydrogens is 235 g/mol. The van der Waals surface area contributed by atoms with Crippen LogP contribution < -0.4 is 5.32 Å². The fourth-order valence-electron chi connectivity index (χ4n) is 1.50. The van der Waals surface area contributed by atoms with E-state index in [1.807, 2.05) is 17.8 Å². The van der Waals surface area contributed by atoms with Gasteiger partial charge >= 0.3 is 0 Å². The van der Waals surface area contributed by atoms with Crippen molar-refractivity contribution in [3.8, 4) is 6.07 Å². The van der Waals surface area contributed by atoms with E-state index in [4.69, 9.17) is 5.26 Å². The van der Waals surface area contributed by atoms with Gasteiger partial charge in [0.05, 0.1) is 11.6 Å². The second-order valence-corrected chi connectivity index (χ2v) is 5.27. The number of nitrogens with one attached hydrogen (secondary N) is 1. The van der Waals surface area contributed by atoms with Gasteiger partial charge in [-0.15, -0.1) is 0 Å². The molecule has 0 heterocycles. The molecule has 92 valence electrons. The third-order valence-electron chi connectivity index (χ3n) is 2.34. The van der Waals surface area contributed by atoms with Gasteiger partial charge in [-0.2, -0.15) is 17.0 Å². The molecule has 0 aliphatic carbocycles. The summed E-state index contributed by atoms with van der Waals surface area (Å²) in [6.07, 6.45) is 1.02. The predicted molar refractivity (Wildman–Crippen MR) is 71.8 cm³/mol. The Hall–Kier alpha value is -1.21. The van der Waals surface area contributed by atoms with Crippen LogP contribution in [0.1, 0.15) is 25.8 Å². The number of hydrogen-bond acceptors (Lipinski definition) is 3. The highest BCUT2D eigenvalue weighted by atomic mass is 32.2. The van der Waals surface area contributed by atoms with Gasteiger partial charge in [-0.25, -0.2) is 4.39 Å². The molecule has 0 aliphatic heterocycles. The fraction of sp³-hybridized carbons (Fsp3) is 0.462. The Morgan fingerprint density at radius 1 is 1.47 bits per heavy atom. The molecule has 1 unspecified atom stereocenters. The molecule has 1 aromatic rings. The van der Waals surface area contributed by atoms with Gasteiger partial charge in [0.2, 0.25) is 0 Å². The van der Waals surface area contributed by atoms with E-state index >= 15 is 0 Å². The molecule has 0 saturated carbocycles. The maximum Gasteiger partial charge on any atom is 0.126 e. The van der Waals surface area contributed by atoms with E-state index in [1.54, 1.807) is 6.07 Å². The van der Waals surface area contributed by atoms with Gasteiger partial charge in [-0.05, 0) is 43.0 Å². The van der Waals surface area contributed by atoms with Gasteiger partial charge in [0, 0.05) is 11.7 Å². The molecular formula is C13H17FN2S. The van der Waals surface area contributed by atoms with E-state index in [9.17, 15) is 4.39 Å². The van der Waals surface area contributed by atoms with Crippen molar-refractivity contribution in [1.29, 1.82) is 5.26 Å². The first kappa shape index (κ1) is 13.9. The quantitative estimate of drug-likeness (QED) is 0.785. The lowest BCUT2D eigenvalue weighted by Crippen LogP contribution is -2.16. The molecule has 0 aromatic heterocycles. The molecule has 1 rings (SSSR count). The maximum atomic E-state index is 13.2. The average Bonchev–Trinajstić information content (AvgIpc) is 2.28. The summed E-state index contributed by atoms with van der Waals surface area (Å²) in [5.74, 6) is 1.83. The smallest absolute Gasteiger partial charge is 0.126 e. The minimum atomic E-state index is -0.373. The molecule has 4 heteroatoms. The zero-order valence-electron chi connectivity index (χ0n) is 10.2. The first-order valence-electron chi connectivity index (χ1n) is 5.70. The lowest BCUT2D eigenvalue weighted by molar-refractivity contribution is 0.627. The Morgan fingerprint density at radius 3 is 2.88 bits per heavy atom. The third kappa shape index (κ3) is 5.10. The van der Waals surface area contributed by atoms with Crippen LogP contribution in [0.4, 0.5) is 10.1 Å². The highest BCUT2D eigenvalue weighted by Gasteiger charge is 2.04. The number of benzene rings is 1. The van der Waals surface area contributed by atoms with Crippen molar-refractivity contribution in [3.63, 3.8) is 0 Å². The molecule has 1 aromatic carbocycles. The lowest BCUT2D eigenvalue weighted by Gasteiger charge is -2.15. The van der Waals surface area contributed by atoms with Gasteiger partial charge in [0.15, 0.2) is 0 Å². The van der Waals surface area contributed by atoms with E-state index in [-0.39, 0.29) is 11.9 Å². The highest BCUT2D eigenvalue weighted by Crippen LogP contribution is 2.16. The Balaban J connectivity index is 2.56. The summed E-state index contributed by atoms with van der Waals surface area (Å²) in [4.78, 5) is 0. The van der Waals surface area contributed by atoms with Gasteiger partial charge in [0.1, 0.15) is 5.82 Å². The molecule has 1 N–H and O–H groups in total. The lowest BCUT2D eigenvalue weighted by atomic mass is 10.2. The van der Waals surface area contributed by atoms with E-state index in [2.05, 4.69) is 19.2 Å². The van der Waals surface area contributed by atoms with E-state index in [0.29, 0.717) is 11.3 Å². The van der Waals surface area contributed by atoms with Crippen LogP contribution >= 0.6 is 11.8 Å². The van der Waals surface area contributed by atoms with Crippen molar-refractivity contribution >= 4 is 17.4 Å². The zero-order chi connectivity index (χ0) is 12.7. The van der Waals surface area contributed by atoms with Gasteiger partial charge in [-0.1, -0.05) is 6.92 Å². The first-order valence-corrected chi connectivity index (χ1v) is 6.86. The van der Waals surface area contributed by atoms with E-state index in [1.165, 1.54) is 12.1 Å². The summed E-state index contributed by atoms with van der Waals surface area (Å²) in [6, 6.07) is 6.56. The molecule has 0 bridgehead atoms. The van der Waals surface area contributed by atoms with Crippen LogP contribution in [0.5, 0.6) is 0 Å². The molecule has 0 amide bonds. The molecule has 0 radical (unpaired) electrons. The Morgan fingerprint density at radius 2 is 2.24 bits per heavy atom. The van der Waals surface area contributed by atoms with E-state index < -0.39 is 0 Å². The Bertz CT molecular complexity index is 401. The van der Waals surface area contributed by atoms with Crippen LogP contribution in [0.15, 0.2) is 18.2 Å². The molecule has 2 nitrogen and oxygen atoms in total. The normalized spacial score (nSPS) is 11.9. The topological polar surface area (TPSA) is 35.8 Å². The van der Waals surface area contributed by atoms with Gasteiger partial charge in [-0.3, -0.25) is 0 Å². The average molecular weight is 252 g/mol. The predicted octanol–water partition coefficient (Wildman–Crippen LogP) is 3.64. The third-order valence-corrected chi connectivity index (χ3v) is 3.27. The van der Waals surface area contributed by atoms with Crippen LogP contribution in [0.25, 0.3) is 0 Å². The number of thioether (sulfide) groups is 1. The SMILES string of the molecule is CCSCCC(C)Nc1cc(F)cc(C#N)c1. The van der Waals surface area contributed by atoms with Crippen molar-refractivity contribution < 1.29 is 4.39 Å². The minimum absolute atomic E-state index is 0.280. The largest absolute Gasteiger partial charge is 0.382 e. The first-order chi connectivity index (χ1) is 8.15. The number of halogens is 1. The zero-order valence-corrected chi connectivity index (χ0v) is 11.0. The fourth-order valence-corrected chi connectivity index (χ4v) is 2.31. The maximum absolute atomic E-state index is 13.2. The summed E-state index contributed by atoms with van der Waals surface area (Å²) in [6.45, 7) is 4.20. The Labute approximate surface area is 106 Å². The van der Waals surface area contributed by atoms with Gasteiger partial charge < -0.3 is 5.32 Å². The van der Waals surface area contributed by atoms with Crippen molar-refractivity contribution in [3.05, 3.63) is 29.6 Å². The molecule has 17 heavy (non-hydrogen) atoms. The van der Waals surface area contributed by atoms with Crippen molar-refractivity contribution in [2.45, 2.75) is 26.3 Å². The number of nitrogens with zero attached hydrogens (tertiary/aromatic N) is 1. The summed E-state index contributed by atoms with van der Waals surface area (Å²) in [7, 11) is 0. The summed E-state index contributed by atoms with van der Waals surface area (Å²) in [5.41, 5.74) is 1.03.